The maximum atomic E-state index is 9.46. The lowest BCUT2D eigenvalue weighted by molar-refractivity contribution is 0.0680. The fourth-order valence-electron chi connectivity index (χ4n) is 1.51. The van der Waals surface area contributed by atoms with Gasteiger partial charge in [-0.05, 0) is 20.3 Å². The molecule has 0 aromatic carbocycles. The molecule has 0 aliphatic carbocycles. The largest absolute Gasteiger partial charge is 0.390 e. The van der Waals surface area contributed by atoms with E-state index in [-0.39, 0.29) is 0 Å². The molecule has 0 aliphatic rings. The van der Waals surface area contributed by atoms with Crippen molar-refractivity contribution in [3.8, 4) is 0 Å². The molecule has 0 radical (unpaired) electrons. The van der Waals surface area contributed by atoms with E-state index in [1.807, 2.05) is 13.8 Å². The van der Waals surface area contributed by atoms with Crippen LogP contribution in [-0.4, -0.2) is 10.7 Å². The third-order valence-corrected chi connectivity index (χ3v) is 2.39. The Balaban J connectivity index is 3.00. The third kappa shape index (κ3) is 12.0. The summed E-state index contributed by atoms with van der Waals surface area (Å²) in [7, 11) is 0. The number of rotatable bonds is 8. The molecule has 0 heterocycles. The van der Waals surface area contributed by atoms with Gasteiger partial charge in [-0.2, -0.15) is 0 Å². The van der Waals surface area contributed by atoms with Gasteiger partial charge in [0.1, 0.15) is 0 Å². The highest BCUT2D eigenvalue weighted by Gasteiger charge is 2.10. The van der Waals surface area contributed by atoms with Crippen LogP contribution in [0.5, 0.6) is 0 Å². The van der Waals surface area contributed by atoms with Crippen molar-refractivity contribution in [3.05, 3.63) is 0 Å². The molecule has 0 aliphatic heterocycles. The zero-order valence-electron chi connectivity index (χ0n) is 9.60. The summed E-state index contributed by atoms with van der Waals surface area (Å²) in [5.74, 6) is 0. The van der Waals surface area contributed by atoms with Gasteiger partial charge in [0.25, 0.3) is 0 Å². The molecule has 0 amide bonds. The zero-order chi connectivity index (χ0) is 10.2. The fraction of sp³-hybridized carbons (Fsp3) is 1.00. The molecule has 0 spiro atoms. The van der Waals surface area contributed by atoms with Gasteiger partial charge in [-0.25, -0.2) is 0 Å². The Bertz CT molecular complexity index is 102. The van der Waals surface area contributed by atoms with Gasteiger partial charge in [0.15, 0.2) is 0 Å². The van der Waals surface area contributed by atoms with Gasteiger partial charge in [0, 0.05) is 0 Å². The van der Waals surface area contributed by atoms with Gasteiger partial charge in [0.2, 0.25) is 0 Å². The average molecular weight is 186 g/mol. The smallest absolute Gasteiger partial charge is 0.0591 e. The summed E-state index contributed by atoms with van der Waals surface area (Å²) in [5.41, 5.74) is -0.455. The second-order valence-electron chi connectivity index (χ2n) is 4.68. The lowest BCUT2D eigenvalue weighted by Gasteiger charge is -2.16. The molecule has 0 saturated heterocycles. The van der Waals surface area contributed by atoms with Gasteiger partial charge in [-0.1, -0.05) is 51.9 Å². The Morgan fingerprint density at radius 3 is 1.77 bits per heavy atom. The SMILES string of the molecule is CCCCCCCCCC(C)(C)O. The molecule has 0 saturated carbocycles. The standard InChI is InChI=1S/C12H26O/c1-4-5-6-7-8-9-10-11-12(2,3)13/h13H,4-11H2,1-3H3. The monoisotopic (exact) mass is 186 g/mol. The van der Waals surface area contributed by atoms with E-state index in [4.69, 9.17) is 0 Å². The van der Waals surface area contributed by atoms with Crippen LogP contribution in [0.4, 0.5) is 0 Å². The molecule has 0 bridgehead atoms. The Morgan fingerprint density at radius 1 is 0.846 bits per heavy atom. The maximum Gasteiger partial charge on any atom is 0.0591 e. The van der Waals surface area contributed by atoms with Crippen molar-refractivity contribution in [2.75, 3.05) is 0 Å². The van der Waals surface area contributed by atoms with Crippen LogP contribution in [0.3, 0.4) is 0 Å². The molecule has 1 heteroatoms. The normalized spacial score (nSPS) is 12.0. The first-order chi connectivity index (χ1) is 6.06. The molecular formula is C12H26O. The van der Waals surface area contributed by atoms with E-state index in [1.165, 1.54) is 44.9 Å². The number of hydrogen-bond acceptors (Lipinski definition) is 1. The summed E-state index contributed by atoms with van der Waals surface area (Å²) in [5, 5.41) is 9.46. The van der Waals surface area contributed by atoms with E-state index in [0.717, 1.165) is 6.42 Å². The fourth-order valence-corrected chi connectivity index (χ4v) is 1.51. The van der Waals surface area contributed by atoms with Crippen LogP contribution >= 0.6 is 0 Å². The van der Waals surface area contributed by atoms with Crippen LogP contribution in [0.2, 0.25) is 0 Å². The first-order valence-corrected chi connectivity index (χ1v) is 5.78. The molecule has 13 heavy (non-hydrogen) atoms. The minimum atomic E-state index is -0.455. The van der Waals surface area contributed by atoms with E-state index in [9.17, 15) is 5.11 Å². The number of unbranched alkanes of at least 4 members (excludes halogenated alkanes) is 6. The maximum absolute atomic E-state index is 9.46. The van der Waals surface area contributed by atoms with Crippen LogP contribution in [0.25, 0.3) is 0 Å². The Kier molecular flexibility index (Phi) is 7.35. The summed E-state index contributed by atoms with van der Waals surface area (Å²) in [6, 6.07) is 0. The summed E-state index contributed by atoms with van der Waals surface area (Å²) < 4.78 is 0. The second kappa shape index (κ2) is 7.37. The molecule has 0 aromatic rings. The molecule has 80 valence electrons. The van der Waals surface area contributed by atoms with Crippen LogP contribution in [0.1, 0.15) is 72.1 Å². The molecule has 0 rings (SSSR count). The predicted octanol–water partition coefficient (Wildman–Crippen LogP) is 3.90. The quantitative estimate of drug-likeness (QED) is 0.570. The lowest BCUT2D eigenvalue weighted by atomic mass is 10.00. The Labute approximate surface area is 83.5 Å². The molecule has 0 unspecified atom stereocenters. The molecule has 0 aromatic heterocycles. The van der Waals surface area contributed by atoms with Gasteiger partial charge in [-0.3, -0.25) is 0 Å². The minimum absolute atomic E-state index is 0.455. The van der Waals surface area contributed by atoms with Crippen molar-refractivity contribution < 1.29 is 5.11 Å². The van der Waals surface area contributed by atoms with E-state index in [0.29, 0.717) is 0 Å². The van der Waals surface area contributed by atoms with Crippen LogP contribution in [-0.2, 0) is 0 Å². The zero-order valence-corrected chi connectivity index (χ0v) is 9.60. The average Bonchev–Trinajstić information content (AvgIpc) is 2.01. The van der Waals surface area contributed by atoms with Crippen LogP contribution in [0.15, 0.2) is 0 Å². The molecule has 0 atom stereocenters. The Hall–Kier alpha value is -0.0400. The van der Waals surface area contributed by atoms with E-state index < -0.39 is 5.60 Å². The second-order valence-corrected chi connectivity index (χ2v) is 4.68. The highest BCUT2D eigenvalue weighted by atomic mass is 16.3. The number of aliphatic hydroxyl groups is 1. The highest BCUT2D eigenvalue weighted by molar-refractivity contribution is 4.64. The van der Waals surface area contributed by atoms with Gasteiger partial charge in [-0.15, -0.1) is 0 Å². The van der Waals surface area contributed by atoms with Gasteiger partial charge >= 0.3 is 0 Å². The van der Waals surface area contributed by atoms with Crippen molar-refractivity contribution >= 4 is 0 Å². The first kappa shape index (κ1) is 13.0. The van der Waals surface area contributed by atoms with Gasteiger partial charge in [0.05, 0.1) is 5.60 Å². The van der Waals surface area contributed by atoms with Crippen LogP contribution in [0, 0.1) is 0 Å². The molecule has 1 nitrogen and oxygen atoms in total. The number of hydrogen-bond donors (Lipinski definition) is 1. The summed E-state index contributed by atoms with van der Waals surface area (Å²) in [4.78, 5) is 0. The van der Waals surface area contributed by atoms with Crippen LogP contribution < -0.4 is 0 Å². The van der Waals surface area contributed by atoms with E-state index in [2.05, 4.69) is 6.92 Å². The van der Waals surface area contributed by atoms with Gasteiger partial charge < -0.3 is 5.11 Å². The van der Waals surface area contributed by atoms with E-state index >= 15 is 0 Å². The highest BCUT2D eigenvalue weighted by Crippen LogP contribution is 2.14. The van der Waals surface area contributed by atoms with Crippen molar-refractivity contribution in [2.45, 2.75) is 77.7 Å². The topological polar surface area (TPSA) is 20.2 Å². The van der Waals surface area contributed by atoms with Crippen molar-refractivity contribution in [1.29, 1.82) is 0 Å². The summed E-state index contributed by atoms with van der Waals surface area (Å²) in [6.07, 6.45) is 10.2. The summed E-state index contributed by atoms with van der Waals surface area (Å²) in [6.45, 7) is 6.03. The minimum Gasteiger partial charge on any atom is -0.390 e. The molecular weight excluding hydrogens is 160 g/mol. The third-order valence-electron chi connectivity index (χ3n) is 2.39. The van der Waals surface area contributed by atoms with Crippen molar-refractivity contribution in [3.63, 3.8) is 0 Å². The summed E-state index contributed by atoms with van der Waals surface area (Å²) >= 11 is 0. The first-order valence-electron chi connectivity index (χ1n) is 5.78. The molecule has 1 N–H and O–H groups in total. The van der Waals surface area contributed by atoms with Crippen molar-refractivity contribution in [2.24, 2.45) is 0 Å². The molecule has 0 fully saturated rings. The van der Waals surface area contributed by atoms with Crippen molar-refractivity contribution in [1.82, 2.24) is 0 Å². The Morgan fingerprint density at radius 2 is 1.31 bits per heavy atom. The predicted molar refractivity (Wildman–Crippen MR) is 58.9 cm³/mol. The lowest BCUT2D eigenvalue weighted by Crippen LogP contribution is -2.17. The van der Waals surface area contributed by atoms with E-state index in [1.54, 1.807) is 0 Å².